The Hall–Kier alpha value is -2.82. The predicted molar refractivity (Wildman–Crippen MR) is 106 cm³/mol. The van der Waals surface area contributed by atoms with Crippen molar-refractivity contribution in [1.82, 2.24) is 5.32 Å². The summed E-state index contributed by atoms with van der Waals surface area (Å²) in [6.45, 7) is 6.15. The molecular formula is C22H26N2O3. The molecule has 3 rings (SSSR count). The van der Waals surface area contributed by atoms with Crippen LogP contribution in [-0.2, 0) is 16.0 Å². The van der Waals surface area contributed by atoms with Gasteiger partial charge < -0.3 is 15.0 Å². The summed E-state index contributed by atoms with van der Waals surface area (Å²) < 4.78 is 5.63. The van der Waals surface area contributed by atoms with Gasteiger partial charge in [-0.2, -0.15) is 0 Å². The summed E-state index contributed by atoms with van der Waals surface area (Å²) in [6.07, 6.45) is 0.692. The van der Waals surface area contributed by atoms with E-state index >= 15 is 0 Å². The highest BCUT2D eigenvalue weighted by atomic mass is 16.5. The summed E-state index contributed by atoms with van der Waals surface area (Å²) in [7, 11) is 0. The minimum absolute atomic E-state index is 0.0741. The lowest BCUT2D eigenvalue weighted by molar-refractivity contribution is -0.125. The fraction of sp³-hybridized carbons (Fsp3) is 0.364. The van der Waals surface area contributed by atoms with Crippen molar-refractivity contribution in [3.8, 4) is 5.75 Å². The van der Waals surface area contributed by atoms with E-state index in [0.717, 1.165) is 17.7 Å². The number of carbonyl (C=O) groups excluding carboxylic acids is 2. The van der Waals surface area contributed by atoms with Crippen molar-refractivity contribution in [2.24, 2.45) is 0 Å². The first-order chi connectivity index (χ1) is 13.0. The fourth-order valence-corrected chi connectivity index (χ4v) is 3.24. The van der Waals surface area contributed by atoms with Gasteiger partial charge in [-0.3, -0.25) is 9.59 Å². The Balaban J connectivity index is 1.60. The molecule has 5 nitrogen and oxygen atoms in total. The van der Waals surface area contributed by atoms with Crippen molar-refractivity contribution < 1.29 is 14.3 Å². The maximum absolute atomic E-state index is 12.5. The summed E-state index contributed by atoms with van der Waals surface area (Å²) in [4.78, 5) is 26.5. The van der Waals surface area contributed by atoms with E-state index in [4.69, 9.17) is 4.74 Å². The van der Waals surface area contributed by atoms with Crippen molar-refractivity contribution >= 4 is 17.5 Å². The smallest absolute Gasteiger partial charge is 0.267 e. The Labute approximate surface area is 160 Å². The van der Waals surface area contributed by atoms with E-state index in [1.54, 1.807) is 11.8 Å². The van der Waals surface area contributed by atoms with Crippen LogP contribution in [0.1, 0.15) is 44.4 Å². The largest absolute Gasteiger partial charge is 0.479 e. The summed E-state index contributed by atoms with van der Waals surface area (Å²) in [5.74, 6) is 0.477. The molecule has 2 atom stereocenters. The van der Waals surface area contributed by atoms with Gasteiger partial charge in [-0.25, -0.2) is 0 Å². The van der Waals surface area contributed by atoms with E-state index in [-0.39, 0.29) is 24.3 Å². The quantitative estimate of drug-likeness (QED) is 0.849. The van der Waals surface area contributed by atoms with E-state index in [9.17, 15) is 9.59 Å². The fourth-order valence-electron chi connectivity index (χ4n) is 3.24. The van der Waals surface area contributed by atoms with Crippen molar-refractivity contribution in [1.29, 1.82) is 0 Å². The third kappa shape index (κ3) is 4.30. The number of carbonyl (C=O) groups is 2. The number of fused-ring (bicyclic) bond motifs is 1. The van der Waals surface area contributed by atoms with Crippen molar-refractivity contribution in [3.05, 3.63) is 59.7 Å². The van der Waals surface area contributed by atoms with E-state index in [1.165, 1.54) is 5.56 Å². The minimum atomic E-state index is -0.543. The molecule has 142 valence electrons. The van der Waals surface area contributed by atoms with Crippen LogP contribution >= 0.6 is 0 Å². The highest BCUT2D eigenvalue weighted by Gasteiger charge is 2.31. The van der Waals surface area contributed by atoms with Gasteiger partial charge >= 0.3 is 0 Å². The molecule has 1 aliphatic heterocycles. The number of nitrogens with zero attached hydrogens (tertiary/aromatic N) is 1. The second kappa shape index (κ2) is 8.25. The second-order valence-corrected chi connectivity index (χ2v) is 6.85. The number of ether oxygens (including phenoxy) is 1. The third-order valence-corrected chi connectivity index (χ3v) is 4.90. The molecule has 2 aromatic carbocycles. The number of benzene rings is 2. The molecule has 0 saturated carbocycles. The topological polar surface area (TPSA) is 58.6 Å². The van der Waals surface area contributed by atoms with Crippen LogP contribution in [0.25, 0.3) is 0 Å². The van der Waals surface area contributed by atoms with E-state index in [0.29, 0.717) is 12.3 Å². The van der Waals surface area contributed by atoms with Gasteiger partial charge in [0, 0.05) is 13.0 Å². The first-order valence-electron chi connectivity index (χ1n) is 9.45. The van der Waals surface area contributed by atoms with Crippen LogP contribution in [0.15, 0.2) is 48.5 Å². The van der Waals surface area contributed by atoms with Crippen molar-refractivity contribution in [2.45, 2.75) is 45.8 Å². The highest BCUT2D eigenvalue weighted by Crippen LogP contribution is 2.33. The van der Waals surface area contributed by atoms with Gasteiger partial charge in [0.1, 0.15) is 5.75 Å². The lowest BCUT2D eigenvalue weighted by Crippen LogP contribution is -2.45. The zero-order chi connectivity index (χ0) is 19.4. The molecular weight excluding hydrogens is 340 g/mol. The highest BCUT2D eigenvalue weighted by molar-refractivity contribution is 6.00. The Morgan fingerprint density at radius 3 is 2.59 bits per heavy atom. The Morgan fingerprint density at radius 2 is 1.89 bits per heavy atom. The van der Waals surface area contributed by atoms with E-state index in [2.05, 4.69) is 24.4 Å². The number of hydrogen-bond acceptors (Lipinski definition) is 3. The van der Waals surface area contributed by atoms with Gasteiger partial charge in [-0.15, -0.1) is 0 Å². The van der Waals surface area contributed by atoms with Gasteiger partial charge in [0.2, 0.25) is 5.91 Å². The molecule has 0 saturated heterocycles. The van der Waals surface area contributed by atoms with Crippen LogP contribution in [0.3, 0.4) is 0 Å². The van der Waals surface area contributed by atoms with Gasteiger partial charge in [-0.1, -0.05) is 43.3 Å². The molecule has 2 amide bonds. The molecule has 1 heterocycles. The molecule has 1 aliphatic rings. The summed E-state index contributed by atoms with van der Waals surface area (Å²) in [5.41, 5.74) is 3.06. The van der Waals surface area contributed by atoms with Crippen LogP contribution in [0, 0.1) is 0 Å². The number of aryl methyl sites for hydroxylation is 1. The first kappa shape index (κ1) is 19.0. The van der Waals surface area contributed by atoms with E-state index < -0.39 is 6.10 Å². The molecule has 2 aromatic rings. The second-order valence-electron chi connectivity index (χ2n) is 6.85. The predicted octanol–water partition coefficient (Wildman–Crippen LogP) is 3.63. The zero-order valence-electron chi connectivity index (χ0n) is 16.1. The van der Waals surface area contributed by atoms with Crippen molar-refractivity contribution in [2.75, 3.05) is 11.4 Å². The summed E-state index contributed by atoms with van der Waals surface area (Å²) >= 11 is 0. The maximum atomic E-state index is 12.5. The molecule has 5 heteroatoms. The summed E-state index contributed by atoms with van der Waals surface area (Å²) in [5, 5.41) is 3.02. The van der Waals surface area contributed by atoms with E-state index in [1.807, 2.05) is 43.3 Å². The Bertz CT molecular complexity index is 817. The number of anilines is 1. The van der Waals surface area contributed by atoms with Crippen LogP contribution < -0.4 is 15.0 Å². The van der Waals surface area contributed by atoms with Crippen LogP contribution in [0.4, 0.5) is 5.69 Å². The standard InChI is InChI=1S/C22H26N2O3/c1-4-17-9-11-18(12-10-17)15(2)23-21(25)13-14-24-19-7-5-6-8-20(19)27-16(3)22(24)26/h5-12,15-16H,4,13-14H2,1-3H3,(H,23,25). The average Bonchev–Trinajstić information content (AvgIpc) is 2.68. The van der Waals surface area contributed by atoms with Crippen molar-refractivity contribution in [3.63, 3.8) is 0 Å². The number of amides is 2. The number of hydrogen-bond donors (Lipinski definition) is 1. The van der Waals surface area contributed by atoms with Crippen LogP contribution in [-0.4, -0.2) is 24.5 Å². The zero-order valence-corrected chi connectivity index (χ0v) is 16.1. The SMILES string of the molecule is CCc1ccc(C(C)NC(=O)CCN2C(=O)C(C)Oc3ccccc32)cc1. The molecule has 2 unspecified atom stereocenters. The number of para-hydroxylation sites is 2. The molecule has 1 N–H and O–H groups in total. The molecule has 0 spiro atoms. The molecule has 0 bridgehead atoms. The van der Waals surface area contributed by atoms with Gasteiger partial charge in [0.15, 0.2) is 6.10 Å². The molecule has 27 heavy (non-hydrogen) atoms. The minimum Gasteiger partial charge on any atom is -0.479 e. The van der Waals surface area contributed by atoms with Crippen LogP contribution in [0.5, 0.6) is 5.75 Å². The molecule has 0 aromatic heterocycles. The number of nitrogens with one attached hydrogen (secondary N) is 1. The molecule has 0 aliphatic carbocycles. The van der Waals surface area contributed by atoms with Gasteiger partial charge in [-0.05, 0) is 43.5 Å². The third-order valence-electron chi connectivity index (χ3n) is 4.90. The van der Waals surface area contributed by atoms with Gasteiger partial charge in [0.05, 0.1) is 11.7 Å². The normalized spacial score (nSPS) is 17.1. The van der Waals surface area contributed by atoms with Gasteiger partial charge in [0.25, 0.3) is 5.91 Å². The monoisotopic (exact) mass is 366 g/mol. The summed E-state index contributed by atoms with van der Waals surface area (Å²) in [6, 6.07) is 15.6. The Morgan fingerprint density at radius 1 is 1.19 bits per heavy atom. The number of rotatable bonds is 6. The lowest BCUT2D eigenvalue weighted by atomic mass is 10.0. The molecule has 0 radical (unpaired) electrons. The maximum Gasteiger partial charge on any atom is 0.267 e. The Kier molecular flexibility index (Phi) is 5.79. The average molecular weight is 366 g/mol. The van der Waals surface area contributed by atoms with Crippen LogP contribution in [0.2, 0.25) is 0 Å². The first-order valence-corrected chi connectivity index (χ1v) is 9.45. The lowest BCUT2D eigenvalue weighted by Gasteiger charge is -2.32. The molecule has 0 fully saturated rings.